The molecule has 1 amide bonds. The van der Waals surface area contributed by atoms with Crippen molar-refractivity contribution < 1.29 is 4.79 Å². The van der Waals surface area contributed by atoms with E-state index in [0.29, 0.717) is 13.0 Å². The van der Waals surface area contributed by atoms with Crippen molar-refractivity contribution in [3.8, 4) is 0 Å². The van der Waals surface area contributed by atoms with E-state index in [2.05, 4.69) is 11.9 Å². The minimum atomic E-state index is 0.0626. The molecular formula is C16H21N3O2S. The van der Waals surface area contributed by atoms with Crippen molar-refractivity contribution in [2.75, 3.05) is 33.2 Å². The van der Waals surface area contributed by atoms with Gasteiger partial charge in [0.2, 0.25) is 5.91 Å². The first kappa shape index (κ1) is 15.2. The van der Waals surface area contributed by atoms with Crippen molar-refractivity contribution in [2.24, 2.45) is 0 Å². The summed E-state index contributed by atoms with van der Waals surface area (Å²) in [7, 11) is 2.08. The van der Waals surface area contributed by atoms with Gasteiger partial charge in [0.05, 0.1) is 10.1 Å². The quantitative estimate of drug-likeness (QED) is 0.860. The van der Waals surface area contributed by atoms with Gasteiger partial charge in [0.1, 0.15) is 0 Å². The molecule has 2 aromatic rings. The fourth-order valence-electron chi connectivity index (χ4n) is 2.75. The Morgan fingerprint density at radius 2 is 1.91 bits per heavy atom. The monoisotopic (exact) mass is 319 g/mol. The zero-order chi connectivity index (χ0) is 15.5. The summed E-state index contributed by atoms with van der Waals surface area (Å²) in [6.07, 6.45) is 1.24. The van der Waals surface area contributed by atoms with Crippen LogP contribution in [0.2, 0.25) is 0 Å². The lowest BCUT2D eigenvalue weighted by Gasteiger charge is -2.32. The molecule has 2 heterocycles. The highest BCUT2D eigenvalue weighted by Crippen LogP contribution is 2.16. The molecule has 0 bridgehead atoms. The van der Waals surface area contributed by atoms with Crippen molar-refractivity contribution >= 4 is 27.5 Å². The van der Waals surface area contributed by atoms with Gasteiger partial charge in [-0.15, -0.1) is 0 Å². The van der Waals surface area contributed by atoms with Gasteiger partial charge in [0.15, 0.2) is 0 Å². The lowest BCUT2D eigenvalue weighted by atomic mass is 10.2. The molecule has 0 saturated carbocycles. The predicted octanol–water partition coefficient (Wildman–Crippen LogP) is 1.62. The summed E-state index contributed by atoms with van der Waals surface area (Å²) >= 11 is 1.48. The van der Waals surface area contributed by atoms with Gasteiger partial charge in [-0.1, -0.05) is 23.7 Å². The van der Waals surface area contributed by atoms with E-state index < -0.39 is 0 Å². The van der Waals surface area contributed by atoms with E-state index in [4.69, 9.17) is 0 Å². The highest BCUT2D eigenvalue weighted by atomic mass is 32.1. The van der Waals surface area contributed by atoms with Crippen LogP contribution in [-0.4, -0.2) is 52.9 Å². The second-order valence-corrected chi connectivity index (χ2v) is 6.85. The highest BCUT2D eigenvalue weighted by Gasteiger charge is 2.18. The van der Waals surface area contributed by atoms with Crippen LogP contribution in [0.1, 0.15) is 12.8 Å². The molecule has 0 aliphatic carbocycles. The third kappa shape index (κ3) is 3.23. The van der Waals surface area contributed by atoms with Gasteiger partial charge in [-0.2, -0.15) is 0 Å². The molecule has 0 radical (unpaired) electrons. The average Bonchev–Trinajstić information content (AvgIpc) is 2.85. The Balaban J connectivity index is 1.55. The van der Waals surface area contributed by atoms with Crippen LogP contribution in [0.4, 0.5) is 0 Å². The van der Waals surface area contributed by atoms with E-state index in [0.717, 1.165) is 42.7 Å². The number of hydrogen-bond donors (Lipinski definition) is 0. The molecule has 1 saturated heterocycles. The van der Waals surface area contributed by atoms with Crippen LogP contribution in [0.15, 0.2) is 29.1 Å². The fourth-order valence-corrected chi connectivity index (χ4v) is 3.78. The molecule has 0 spiro atoms. The third-order valence-corrected chi connectivity index (χ3v) is 5.28. The predicted molar refractivity (Wildman–Crippen MR) is 89.4 cm³/mol. The average molecular weight is 319 g/mol. The molecule has 0 atom stereocenters. The first-order valence-corrected chi connectivity index (χ1v) is 8.47. The molecule has 0 N–H and O–H groups in total. The summed E-state index contributed by atoms with van der Waals surface area (Å²) in [5, 5.41) is 0.776. The second-order valence-electron chi connectivity index (χ2n) is 5.78. The summed E-state index contributed by atoms with van der Waals surface area (Å²) in [4.78, 5) is 28.6. The van der Waals surface area contributed by atoms with Crippen molar-refractivity contribution in [3.63, 3.8) is 0 Å². The van der Waals surface area contributed by atoms with Gasteiger partial charge in [-0.25, -0.2) is 0 Å². The van der Waals surface area contributed by atoms with Gasteiger partial charge < -0.3 is 9.80 Å². The maximum atomic E-state index is 12.2. The zero-order valence-corrected chi connectivity index (χ0v) is 13.6. The molecule has 1 aliphatic rings. The number of carbonyl (C=O) groups excluding carboxylic acids is 1. The fraction of sp³-hybridized carbons (Fsp3) is 0.500. The van der Waals surface area contributed by atoms with E-state index in [1.165, 1.54) is 11.5 Å². The molecule has 22 heavy (non-hydrogen) atoms. The number of benzene rings is 1. The Morgan fingerprint density at radius 1 is 1.18 bits per heavy atom. The number of hydrogen-bond acceptors (Lipinski definition) is 4. The number of rotatable bonds is 4. The SMILES string of the molecule is CN1CCN(C(=O)CCCn2sc3ccccc3c2=O)CC1. The summed E-state index contributed by atoms with van der Waals surface area (Å²) in [6, 6.07) is 7.66. The highest BCUT2D eigenvalue weighted by molar-refractivity contribution is 7.13. The number of carbonyl (C=O) groups is 1. The van der Waals surface area contributed by atoms with Crippen molar-refractivity contribution in [1.82, 2.24) is 13.8 Å². The maximum Gasteiger partial charge on any atom is 0.268 e. The van der Waals surface area contributed by atoms with Crippen LogP contribution < -0.4 is 5.56 Å². The van der Waals surface area contributed by atoms with Gasteiger partial charge in [0, 0.05) is 39.1 Å². The molecule has 5 nitrogen and oxygen atoms in total. The lowest BCUT2D eigenvalue weighted by molar-refractivity contribution is -0.132. The van der Waals surface area contributed by atoms with Crippen LogP contribution in [0, 0.1) is 0 Å². The number of aryl methyl sites for hydroxylation is 1. The molecule has 3 rings (SSSR count). The van der Waals surface area contributed by atoms with Gasteiger partial charge in [-0.3, -0.25) is 13.5 Å². The number of piperazine rings is 1. The maximum absolute atomic E-state index is 12.2. The first-order chi connectivity index (χ1) is 10.6. The minimum Gasteiger partial charge on any atom is -0.340 e. The van der Waals surface area contributed by atoms with E-state index in [1.807, 2.05) is 29.2 Å². The van der Waals surface area contributed by atoms with Crippen molar-refractivity contribution in [2.45, 2.75) is 19.4 Å². The standard InChI is InChI=1S/C16H21N3O2S/c1-17-9-11-18(12-10-17)15(20)7-4-8-19-16(21)13-5-2-3-6-14(13)22-19/h2-3,5-6H,4,7-12H2,1H3. The van der Waals surface area contributed by atoms with Crippen LogP contribution in [0.3, 0.4) is 0 Å². The first-order valence-electron chi connectivity index (χ1n) is 7.70. The molecule has 0 unspecified atom stereocenters. The van der Waals surface area contributed by atoms with Gasteiger partial charge >= 0.3 is 0 Å². The smallest absolute Gasteiger partial charge is 0.268 e. The van der Waals surface area contributed by atoms with Crippen LogP contribution in [0.25, 0.3) is 10.1 Å². The second kappa shape index (κ2) is 6.62. The largest absolute Gasteiger partial charge is 0.340 e. The summed E-state index contributed by atoms with van der Waals surface area (Å²) in [5.74, 6) is 0.210. The number of fused-ring (bicyclic) bond motifs is 1. The van der Waals surface area contributed by atoms with Gasteiger partial charge in [-0.05, 0) is 25.6 Å². The van der Waals surface area contributed by atoms with E-state index in [9.17, 15) is 9.59 Å². The van der Waals surface area contributed by atoms with Crippen molar-refractivity contribution in [1.29, 1.82) is 0 Å². The van der Waals surface area contributed by atoms with Gasteiger partial charge in [0.25, 0.3) is 5.56 Å². The Kier molecular flexibility index (Phi) is 4.59. The van der Waals surface area contributed by atoms with Crippen LogP contribution >= 0.6 is 11.5 Å². The molecule has 118 valence electrons. The Morgan fingerprint density at radius 3 is 2.64 bits per heavy atom. The summed E-state index contributed by atoms with van der Waals surface area (Å²) in [6.45, 7) is 4.15. The molecule has 1 aromatic carbocycles. The summed E-state index contributed by atoms with van der Waals surface area (Å²) in [5.41, 5.74) is 0.0626. The normalized spacial score (nSPS) is 16.3. The number of aromatic nitrogens is 1. The Hall–Kier alpha value is -1.66. The molecular weight excluding hydrogens is 298 g/mol. The van der Waals surface area contributed by atoms with Crippen LogP contribution in [0.5, 0.6) is 0 Å². The molecule has 1 fully saturated rings. The number of amides is 1. The third-order valence-electron chi connectivity index (χ3n) is 4.16. The van der Waals surface area contributed by atoms with Crippen LogP contribution in [-0.2, 0) is 11.3 Å². The Bertz CT molecular complexity index is 713. The molecule has 1 aliphatic heterocycles. The van der Waals surface area contributed by atoms with E-state index in [-0.39, 0.29) is 11.5 Å². The van der Waals surface area contributed by atoms with Crippen molar-refractivity contribution in [3.05, 3.63) is 34.6 Å². The summed E-state index contributed by atoms with van der Waals surface area (Å²) < 4.78 is 2.78. The molecule has 6 heteroatoms. The lowest BCUT2D eigenvalue weighted by Crippen LogP contribution is -2.47. The topological polar surface area (TPSA) is 45.5 Å². The zero-order valence-electron chi connectivity index (χ0n) is 12.8. The van der Waals surface area contributed by atoms with E-state index in [1.54, 1.807) is 3.96 Å². The number of nitrogens with zero attached hydrogens (tertiary/aromatic N) is 3. The minimum absolute atomic E-state index is 0.0626. The number of likely N-dealkylation sites (N-methyl/N-ethyl adjacent to an activating group) is 1. The Labute approximate surface area is 133 Å². The molecule has 1 aromatic heterocycles. The van der Waals surface area contributed by atoms with E-state index >= 15 is 0 Å².